The minimum Gasteiger partial charge on any atom is -0.352 e. The SMILES string of the molecule is CC1(C)CC1Nc1nccn1C1CC1. The Bertz CT molecular complexity index is 349. The topological polar surface area (TPSA) is 29.9 Å². The zero-order valence-electron chi connectivity index (χ0n) is 8.83. The van der Waals surface area contributed by atoms with Gasteiger partial charge in [-0.05, 0) is 24.7 Å². The molecule has 3 heteroatoms. The fraction of sp³-hybridized carbons (Fsp3) is 0.727. The molecule has 1 unspecified atom stereocenters. The predicted molar refractivity (Wildman–Crippen MR) is 56.3 cm³/mol. The van der Waals surface area contributed by atoms with Crippen LogP contribution in [0.15, 0.2) is 12.4 Å². The highest BCUT2D eigenvalue weighted by molar-refractivity contribution is 5.33. The van der Waals surface area contributed by atoms with Gasteiger partial charge in [-0.25, -0.2) is 4.98 Å². The van der Waals surface area contributed by atoms with Crippen LogP contribution in [-0.4, -0.2) is 15.6 Å². The van der Waals surface area contributed by atoms with Gasteiger partial charge in [0.25, 0.3) is 0 Å². The monoisotopic (exact) mass is 191 g/mol. The van der Waals surface area contributed by atoms with E-state index in [0.29, 0.717) is 11.5 Å². The van der Waals surface area contributed by atoms with E-state index in [1.807, 2.05) is 6.20 Å². The van der Waals surface area contributed by atoms with Crippen LogP contribution in [0.25, 0.3) is 0 Å². The number of anilines is 1. The van der Waals surface area contributed by atoms with Gasteiger partial charge in [-0.3, -0.25) is 0 Å². The molecule has 3 nitrogen and oxygen atoms in total. The van der Waals surface area contributed by atoms with Gasteiger partial charge in [0.2, 0.25) is 5.95 Å². The van der Waals surface area contributed by atoms with Crippen molar-refractivity contribution < 1.29 is 0 Å². The number of aromatic nitrogens is 2. The normalized spacial score (nSPS) is 28.9. The van der Waals surface area contributed by atoms with Crippen LogP contribution < -0.4 is 5.32 Å². The first-order chi connectivity index (χ1) is 6.67. The second-order valence-corrected chi connectivity index (χ2v) is 5.28. The molecule has 1 atom stereocenters. The quantitative estimate of drug-likeness (QED) is 0.795. The highest BCUT2D eigenvalue weighted by atomic mass is 15.2. The lowest BCUT2D eigenvalue weighted by Gasteiger charge is -2.09. The largest absolute Gasteiger partial charge is 0.352 e. The van der Waals surface area contributed by atoms with E-state index in [9.17, 15) is 0 Å². The maximum atomic E-state index is 4.38. The molecule has 0 spiro atoms. The van der Waals surface area contributed by atoms with Crippen molar-refractivity contribution in [3.05, 3.63) is 12.4 Å². The molecule has 2 aliphatic rings. The molecule has 3 rings (SSSR count). The Kier molecular flexibility index (Phi) is 1.50. The van der Waals surface area contributed by atoms with Gasteiger partial charge in [0.15, 0.2) is 0 Å². The Balaban J connectivity index is 1.74. The zero-order chi connectivity index (χ0) is 9.76. The molecule has 0 amide bonds. The minimum atomic E-state index is 0.473. The minimum absolute atomic E-state index is 0.473. The molecule has 1 aromatic rings. The van der Waals surface area contributed by atoms with Crippen molar-refractivity contribution in [1.82, 2.24) is 9.55 Å². The third-order valence-electron chi connectivity index (χ3n) is 3.43. The predicted octanol–water partition coefficient (Wildman–Crippen LogP) is 2.43. The van der Waals surface area contributed by atoms with Crippen LogP contribution in [0, 0.1) is 5.41 Å². The number of imidazole rings is 1. The number of rotatable bonds is 3. The Hall–Kier alpha value is -0.990. The Morgan fingerprint density at radius 1 is 1.50 bits per heavy atom. The molecule has 0 bridgehead atoms. The average molecular weight is 191 g/mol. The van der Waals surface area contributed by atoms with E-state index < -0.39 is 0 Å². The smallest absolute Gasteiger partial charge is 0.203 e. The first-order valence-electron chi connectivity index (χ1n) is 5.46. The van der Waals surface area contributed by atoms with Crippen LogP contribution in [0.4, 0.5) is 5.95 Å². The number of nitrogens with zero attached hydrogens (tertiary/aromatic N) is 2. The Morgan fingerprint density at radius 2 is 2.21 bits per heavy atom. The molecular formula is C11H17N3. The van der Waals surface area contributed by atoms with Crippen LogP contribution in [-0.2, 0) is 0 Å². The lowest BCUT2D eigenvalue weighted by atomic mass is 10.2. The number of hydrogen-bond donors (Lipinski definition) is 1. The molecule has 2 saturated carbocycles. The van der Waals surface area contributed by atoms with Crippen molar-refractivity contribution in [2.45, 2.75) is 45.2 Å². The summed E-state index contributed by atoms with van der Waals surface area (Å²) in [5, 5.41) is 3.53. The third-order valence-corrected chi connectivity index (χ3v) is 3.43. The molecule has 1 N–H and O–H groups in total. The van der Waals surface area contributed by atoms with E-state index in [0.717, 1.165) is 12.0 Å². The first-order valence-corrected chi connectivity index (χ1v) is 5.46. The standard InChI is InChI=1S/C11H17N3/c1-11(2)7-9(11)13-10-12-5-6-14(10)8-3-4-8/h5-6,8-9H,3-4,7H2,1-2H3,(H,12,13). The molecule has 1 aromatic heterocycles. The third kappa shape index (κ3) is 1.31. The number of hydrogen-bond acceptors (Lipinski definition) is 2. The number of nitrogens with one attached hydrogen (secondary N) is 1. The first kappa shape index (κ1) is 8.33. The second kappa shape index (κ2) is 2.53. The summed E-state index contributed by atoms with van der Waals surface area (Å²) in [4.78, 5) is 4.38. The lowest BCUT2D eigenvalue weighted by Crippen LogP contribution is -2.12. The van der Waals surface area contributed by atoms with E-state index >= 15 is 0 Å². The molecular weight excluding hydrogens is 174 g/mol. The van der Waals surface area contributed by atoms with Gasteiger partial charge in [0, 0.05) is 24.5 Å². The summed E-state index contributed by atoms with van der Waals surface area (Å²) in [6.45, 7) is 4.60. The Morgan fingerprint density at radius 3 is 2.79 bits per heavy atom. The molecule has 0 radical (unpaired) electrons. The van der Waals surface area contributed by atoms with Crippen molar-refractivity contribution in [3.63, 3.8) is 0 Å². The highest BCUT2D eigenvalue weighted by Gasteiger charge is 2.46. The van der Waals surface area contributed by atoms with E-state index in [1.54, 1.807) is 0 Å². The van der Waals surface area contributed by atoms with Crippen molar-refractivity contribution in [2.75, 3.05) is 5.32 Å². The van der Waals surface area contributed by atoms with Crippen molar-refractivity contribution in [1.29, 1.82) is 0 Å². The van der Waals surface area contributed by atoms with Crippen LogP contribution in [0.3, 0.4) is 0 Å². The Labute approximate surface area is 84.5 Å². The molecule has 0 aromatic carbocycles. The summed E-state index contributed by atoms with van der Waals surface area (Å²) in [6.07, 6.45) is 7.90. The second-order valence-electron chi connectivity index (χ2n) is 5.28. The van der Waals surface area contributed by atoms with Crippen molar-refractivity contribution >= 4 is 5.95 Å². The summed E-state index contributed by atoms with van der Waals surface area (Å²) in [5.41, 5.74) is 0.473. The van der Waals surface area contributed by atoms with E-state index in [4.69, 9.17) is 0 Å². The molecule has 1 heterocycles. The molecule has 0 aliphatic heterocycles. The molecule has 2 aliphatic carbocycles. The lowest BCUT2D eigenvalue weighted by molar-refractivity contribution is 0.624. The molecule has 0 saturated heterocycles. The fourth-order valence-electron chi connectivity index (χ4n) is 1.94. The van der Waals surface area contributed by atoms with Crippen LogP contribution >= 0.6 is 0 Å². The maximum Gasteiger partial charge on any atom is 0.203 e. The zero-order valence-corrected chi connectivity index (χ0v) is 8.83. The average Bonchev–Trinajstić information content (AvgIpc) is 2.98. The summed E-state index contributed by atoms with van der Waals surface area (Å²) in [6, 6.07) is 1.35. The van der Waals surface area contributed by atoms with Crippen molar-refractivity contribution in [2.24, 2.45) is 5.41 Å². The van der Waals surface area contributed by atoms with Gasteiger partial charge in [0.1, 0.15) is 0 Å². The fourth-order valence-corrected chi connectivity index (χ4v) is 1.94. The highest BCUT2D eigenvalue weighted by Crippen LogP contribution is 2.47. The summed E-state index contributed by atoms with van der Waals surface area (Å²) in [7, 11) is 0. The van der Waals surface area contributed by atoms with Gasteiger partial charge < -0.3 is 9.88 Å². The molecule has 2 fully saturated rings. The summed E-state index contributed by atoms with van der Waals surface area (Å²) >= 11 is 0. The van der Waals surface area contributed by atoms with E-state index in [-0.39, 0.29) is 0 Å². The van der Waals surface area contributed by atoms with E-state index in [1.165, 1.54) is 19.3 Å². The maximum absolute atomic E-state index is 4.38. The van der Waals surface area contributed by atoms with Gasteiger partial charge in [-0.2, -0.15) is 0 Å². The van der Waals surface area contributed by atoms with Gasteiger partial charge >= 0.3 is 0 Å². The summed E-state index contributed by atoms with van der Waals surface area (Å²) < 4.78 is 2.29. The van der Waals surface area contributed by atoms with Gasteiger partial charge in [-0.1, -0.05) is 13.8 Å². The van der Waals surface area contributed by atoms with Gasteiger partial charge in [-0.15, -0.1) is 0 Å². The molecule has 14 heavy (non-hydrogen) atoms. The van der Waals surface area contributed by atoms with E-state index in [2.05, 4.69) is 34.9 Å². The van der Waals surface area contributed by atoms with Crippen LogP contribution in [0.2, 0.25) is 0 Å². The van der Waals surface area contributed by atoms with Gasteiger partial charge in [0.05, 0.1) is 0 Å². The summed E-state index contributed by atoms with van der Waals surface area (Å²) in [5.74, 6) is 1.07. The van der Waals surface area contributed by atoms with Crippen LogP contribution in [0.1, 0.15) is 39.2 Å². The van der Waals surface area contributed by atoms with Crippen LogP contribution in [0.5, 0.6) is 0 Å². The van der Waals surface area contributed by atoms with Crippen molar-refractivity contribution in [3.8, 4) is 0 Å². The molecule has 76 valence electrons.